The smallest absolute Gasteiger partial charge is 0.165 e. The van der Waals surface area contributed by atoms with Gasteiger partial charge in [-0.15, -0.1) is 0 Å². The molecule has 1 aromatic carbocycles. The first-order valence-electron chi connectivity index (χ1n) is 4.15. The van der Waals surface area contributed by atoms with Crippen LogP contribution in [0.3, 0.4) is 0 Å². The summed E-state index contributed by atoms with van der Waals surface area (Å²) < 4.78 is 25.2. The van der Waals surface area contributed by atoms with Gasteiger partial charge in [0.15, 0.2) is 17.4 Å². The fourth-order valence-electron chi connectivity index (χ4n) is 0.998. The van der Waals surface area contributed by atoms with Gasteiger partial charge in [-0.2, -0.15) is 0 Å². The van der Waals surface area contributed by atoms with Gasteiger partial charge in [-0.25, -0.2) is 8.78 Å². The van der Waals surface area contributed by atoms with Gasteiger partial charge in [0, 0.05) is 6.42 Å². The van der Waals surface area contributed by atoms with Crippen LogP contribution in [0, 0.1) is 11.6 Å². The summed E-state index contributed by atoms with van der Waals surface area (Å²) in [4.78, 5) is 11.0. The third-order valence-corrected chi connectivity index (χ3v) is 1.83. The zero-order valence-electron chi connectivity index (χ0n) is 7.63. The van der Waals surface area contributed by atoms with Crippen molar-refractivity contribution in [2.24, 2.45) is 0 Å². The first-order chi connectivity index (χ1) is 6.50. The predicted octanol–water partition coefficient (Wildman–Crippen LogP) is 1.46. The summed E-state index contributed by atoms with van der Waals surface area (Å²) >= 11 is 0. The molecule has 0 bridgehead atoms. The van der Waals surface area contributed by atoms with Crippen LogP contribution in [0.4, 0.5) is 8.78 Å². The van der Waals surface area contributed by atoms with Crippen LogP contribution >= 0.6 is 0 Å². The Morgan fingerprint density at radius 2 is 2.07 bits per heavy atom. The first-order valence-corrected chi connectivity index (χ1v) is 4.15. The summed E-state index contributed by atoms with van der Waals surface area (Å²) in [5.74, 6) is -2.35. The van der Waals surface area contributed by atoms with Crippen molar-refractivity contribution in [2.45, 2.75) is 19.4 Å². The fourth-order valence-corrected chi connectivity index (χ4v) is 0.998. The standard InChI is InChI=1S/C10H10F2O2/c1-6(13)10(14)5-7-2-3-8(11)9(12)4-7/h2-4,6,13H,5H2,1H3. The minimum absolute atomic E-state index is 0.0884. The van der Waals surface area contributed by atoms with Crippen LogP contribution in [0.25, 0.3) is 0 Å². The molecular weight excluding hydrogens is 190 g/mol. The van der Waals surface area contributed by atoms with E-state index in [4.69, 9.17) is 5.11 Å². The molecule has 0 aliphatic heterocycles. The number of rotatable bonds is 3. The highest BCUT2D eigenvalue weighted by atomic mass is 19.2. The zero-order chi connectivity index (χ0) is 10.7. The van der Waals surface area contributed by atoms with E-state index in [9.17, 15) is 13.6 Å². The Hall–Kier alpha value is -1.29. The number of Topliss-reactive ketones (excluding diaryl/α,β-unsaturated/α-hetero) is 1. The minimum atomic E-state index is -1.08. The molecule has 0 saturated heterocycles. The van der Waals surface area contributed by atoms with E-state index in [1.165, 1.54) is 13.0 Å². The van der Waals surface area contributed by atoms with Crippen LogP contribution in [0.1, 0.15) is 12.5 Å². The second-order valence-corrected chi connectivity index (χ2v) is 3.07. The fraction of sp³-hybridized carbons (Fsp3) is 0.300. The third kappa shape index (κ3) is 2.60. The van der Waals surface area contributed by atoms with E-state index in [1.54, 1.807) is 0 Å². The molecular formula is C10H10F2O2. The monoisotopic (exact) mass is 200 g/mol. The molecule has 2 nitrogen and oxygen atoms in total. The summed E-state index contributed by atoms with van der Waals surface area (Å²) in [6.45, 7) is 1.34. The maximum atomic E-state index is 12.7. The van der Waals surface area contributed by atoms with Crippen molar-refractivity contribution >= 4 is 5.78 Å². The Morgan fingerprint density at radius 3 is 2.57 bits per heavy atom. The number of benzene rings is 1. The molecule has 1 rings (SSSR count). The van der Waals surface area contributed by atoms with E-state index in [0.29, 0.717) is 5.56 Å². The number of ketones is 1. The van der Waals surface area contributed by atoms with Gasteiger partial charge in [-0.1, -0.05) is 6.07 Å². The van der Waals surface area contributed by atoms with Crippen LogP contribution in [0.2, 0.25) is 0 Å². The average molecular weight is 200 g/mol. The van der Waals surface area contributed by atoms with Gasteiger partial charge >= 0.3 is 0 Å². The van der Waals surface area contributed by atoms with Gasteiger partial charge in [0.2, 0.25) is 0 Å². The Kier molecular flexibility index (Phi) is 3.30. The van der Waals surface area contributed by atoms with Gasteiger partial charge in [0.1, 0.15) is 6.10 Å². The van der Waals surface area contributed by atoms with Crippen molar-refractivity contribution < 1.29 is 18.7 Å². The minimum Gasteiger partial charge on any atom is -0.386 e. The molecule has 0 aliphatic carbocycles. The summed E-state index contributed by atoms with van der Waals surface area (Å²) in [7, 11) is 0. The molecule has 1 N–H and O–H groups in total. The topological polar surface area (TPSA) is 37.3 Å². The molecule has 0 aliphatic rings. The Bertz CT molecular complexity index is 348. The molecule has 0 saturated carbocycles. The van der Waals surface area contributed by atoms with Crippen LogP contribution in [-0.4, -0.2) is 17.0 Å². The average Bonchev–Trinajstić information content (AvgIpc) is 2.11. The number of hydrogen-bond acceptors (Lipinski definition) is 2. The van der Waals surface area contributed by atoms with Crippen LogP contribution in [0.5, 0.6) is 0 Å². The van der Waals surface area contributed by atoms with Gasteiger partial charge in [0.25, 0.3) is 0 Å². The Labute approximate surface area is 80.2 Å². The van der Waals surface area contributed by atoms with Crippen LogP contribution in [0.15, 0.2) is 18.2 Å². The maximum Gasteiger partial charge on any atom is 0.165 e. The van der Waals surface area contributed by atoms with E-state index >= 15 is 0 Å². The number of hydrogen-bond donors (Lipinski definition) is 1. The molecule has 1 aromatic rings. The second-order valence-electron chi connectivity index (χ2n) is 3.07. The van der Waals surface area contributed by atoms with E-state index in [1.807, 2.05) is 0 Å². The van der Waals surface area contributed by atoms with Crippen molar-refractivity contribution in [3.63, 3.8) is 0 Å². The number of halogens is 2. The summed E-state index contributed by atoms with van der Waals surface area (Å²) in [5, 5.41) is 8.89. The molecule has 0 heterocycles. The number of aliphatic hydroxyl groups excluding tert-OH is 1. The lowest BCUT2D eigenvalue weighted by Crippen LogP contribution is -2.18. The molecule has 0 amide bonds. The van der Waals surface area contributed by atoms with Crippen molar-refractivity contribution in [3.05, 3.63) is 35.4 Å². The quantitative estimate of drug-likeness (QED) is 0.801. The number of aliphatic hydroxyl groups is 1. The third-order valence-electron chi connectivity index (χ3n) is 1.83. The van der Waals surface area contributed by atoms with E-state index < -0.39 is 23.5 Å². The molecule has 0 aromatic heterocycles. The highest BCUT2D eigenvalue weighted by Gasteiger charge is 2.11. The van der Waals surface area contributed by atoms with Gasteiger partial charge in [-0.05, 0) is 24.6 Å². The van der Waals surface area contributed by atoms with Crippen molar-refractivity contribution in [3.8, 4) is 0 Å². The zero-order valence-corrected chi connectivity index (χ0v) is 7.63. The van der Waals surface area contributed by atoms with Crippen molar-refractivity contribution in [2.75, 3.05) is 0 Å². The first kappa shape index (κ1) is 10.8. The molecule has 0 spiro atoms. The largest absolute Gasteiger partial charge is 0.386 e. The highest BCUT2D eigenvalue weighted by Crippen LogP contribution is 2.09. The lowest BCUT2D eigenvalue weighted by Gasteiger charge is -2.03. The molecule has 4 heteroatoms. The van der Waals surface area contributed by atoms with E-state index in [-0.39, 0.29) is 6.42 Å². The lowest BCUT2D eigenvalue weighted by atomic mass is 10.1. The Morgan fingerprint density at radius 1 is 1.43 bits per heavy atom. The predicted molar refractivity (Wildman–Crippen MR) is 46.7 cm³/mol. The van der Waals surface area contributed by atoms with Gasteiger partial charge in [-0.3, -0.25) is 4.79 Å². The number of carbonyl (C=O) groups excluding carboxylic acids is 1. The molecule has 1 unspecified atom stereocenters. The van der Waals surface area contributed by atoms with Gasteiger partial charge < -0.3 is 5.11 Å². The van der Waals surface area contributed by atoms with E-state index in [2.05, 4.69) is 0 Å². The van der Waals surface area contributed by atoms with Gasteiger partial charge in [0.05, 0.1) is 0 Å². The van der Waals surface area contributed by atoms with Crippen molar-refractivity contribution in [1.82, 2.24) is 0 Å². The second kappa shape index (κ2) is 4.28. The number of carbonyl (C=O) groups is 1. The summed E-state index contributed by atoms with van der Waals surface area (Å²) in [6.07, 6.45) is -1.17. The molecule has 0 radical (unpaired) electrons. The van der Waals surface area contributed by atoms with Crippen LogP contribution in [-0.2, 0) is 11.2 Å². The summed E-state index contributed by atoms with van der Waals surface area (Å²) in [5.41, 5.74) is 0.356. The molecule has 14 heavy (non-hydrogen) atoms. The van der Waals surface area contributed by atoms with Crippen LogP contribution < -0.4 is 0 Å². The summed E-state index contributed by atoms with van der Waals surface area (Å²) in [6, 6.07) is 3.23. The van der Waals surface area contributed by atoms with Crippen molar-refractivity contribution in [1.29, 1.82) is 0 Å². The van der Waals surface area contributed by atoms with E-state index in [0.717, 1.165) is 12.1 Å². The maximum absolute atomic E-state index is 12.7. The lowest BCUT2D eigenvalue weighted by molar-refractivity contribution is -0.125. The molecule has 1 atom stereocenters. The Balaban J connectivity index is 2.78. The molecule has 76 valence electrons. The highest BCUT2D eigenvalue weighted by molar-refractivity contribution is 5.84. The SMILES string of the molecule is CC(O)C(=O)Cc1ccc(F)c(F)c1. The normalized spacial score (nSPS) is 12.6. The molecule has 0 fully saturated rings.